The lowest BCUT2D eigenvalue weighted by atomic mass is 9.95. The second-order valence-electron chi connectivity index (χ2n) is 8.17. The fourth-order valence-corrected chi connectivity index (χ4v) is 4.93. The van der Waals surface area contributed by atoms with Crippen molar-refractivity contribution in [3.63, 3.8) is 0 Å². The normalized spacial score (nSPS) is 19.3. The molecule has 1 atom stereocenters. The molecular formula is C24H27N3O3S. The van der Waals surface area contributed by atoms with Crippen molar-refractivity contribution in [3.05, 3.63) is 59.7 Å². The first-order valence-corrected chi connectivity index (χ1v) is 11.7. The van der Waals surface area contributed by atoms with Crippen molar-refractivity contribution in [3.8, 4) is 11.1 Å². The molecule has 162 valence electrons. The molecule has 1 N–H and O–H groups in total. The summed E-state index contributed by atoms with van der Waals surface area (Å²) < 4.78 is 0. The van der Waals surface area contributed by atoms with E-state index in [1.807, 2.05) is 0 Å². The molecule has 2 saturated heterocycles. The lowest BCUT2D eigenvalue weighted by Gasteiger charge is -2.25. The Kier molecular flexibility index (Phi) is 6.61. The molecule has 2 fully saturated rings. The monoisotopic (exact) mass is 437 g/mol. The van der Waals surface area contributed by atoms with Gasteiger partial charge < -0.3 is 15.1 Å². The van der Waals surface area contributed by atoms with Gasteiger partial charge in [0, 0.05) is 19.6 Å². The van der Waals surface area contributed by atoms with Crippen LogP contribution in [0.15, 0.2) is 48.5 Å². The molecular weight excluding hydrogens is 410 g/mol. The Hall–Kier alpha value is -2.80. The van der Waals surface area contributed by atoms with Gasteiger partial charge in [-0.25, -0.2) is 0 Å². The first-order chi connectivity index (χ1) is 15.0. The summed E-state index contributed by atoms with van der Waals surface area (Å²) in [5.74, 6) is 0.589. The van der Waals surface area contributed by atoms with E-state index in [-0.39, 0.29) is 30.2 Å². The molecule has 0 saturated carbocycles. The summed E-state index contributed by atoms with van der Waals surface area (Å²) in [6, 6.07) is 16.7. The van der Waals surface area contributed by atoms with Crippen molar-refractivity contribution in [1.82, 2.24) is 15.1 Å². The van der Waals surface area contributed by atoms with E-state index < -0.39 is 0 Å². The molecule has 3 amide bonds. The topological polar surface area (TPSA) is 69.7 Å². The summed E-state index contributed by atoms with van der Waals surface area (Å²) in [6.07, 6.45) is 0.572. The quantitative estimate of drug-likeness (QED) is 0.780. The third-order valence-electron chi connectivity index (χ3n) is 5.78. The number of carbonyl (C=O) groups is 3. The zero-order valence-corrected chi connectivity index (χ0v) is 18.5. The molecule has 4 rings (SSSR count). The minimum atomic E-state index is -0.306. The van der Waals surface area contributed by atoms with E-state index in [2.05, 4.69) is 60.8 Å². The molecule has 0 radical (unpaired) electrons. The molecule has 1 unspecified atom stereocenters. The highest BCUT2D eigenvalue weighted by Crippen LogP contribution is 2.22. The number of nitrogens with one attached hydrogen (secondary N) is 1. The predicted molar refractivity (Wildman–Crippen MR) is 122 cm³/mol. The molecule has 0 spiro atoms. The van der Waals surface area contributed by atoms with Crippen LogP contribution in [0.2, 0.25) is 0 Å². The Morgan fingerprint density at radius 3 is 2.65 bits per heavy atom. The summed E-state index contributed by atoms with van der Waals surface area (Å²) in [5, 5.41) is 2.93. The maximum Gasteiger partial charge on any atom is 0.242 e. The maximum absolute atomic E-state index is 12.8. The van der Waals surface area contributed by atoms with Gasteiger partial charge in [0.25, 0.3) is 0 Å². The molecule has 2 aromatic rings. The van der Waals surface area contributed by atoms with Gasteiger partial charge in [-0.3, -0.25) is 14.4 Å². The van der Waals surface area contributed by atoms with Crippen molar-refractivity contribution in [2.75, 3.05) is 37.8 Å². The Labute approximate surface area is 187 Å². The number of hydrogen-bond donors (Lipinski definition) is 1. The largest absolute Gasteiger partial charge is 0.354 e. The molecule has 0 aliphatic carbocycles. The van der Waals surface area contributed by atoms with E-state index in [4.69, 9.17) is 0 Å². The number of rotatable bonds is 5. The third-order valence-corrected chi connectivity index (χ3v) is 6.73. The van der Waals surface area contributed by atoms with Crippen LogP contribution in [0.5, 0.6) is 0 Å². The second-order valence-corrected chi connectivity index (χ2v) is 9.12. The molecule has 7 heteroatoms. The van der Waals surface area contributed by atoms with Crippen LogP contribution in [0.4, 0.5) is 0 Å². The van der Waals surface area contributed by atoms with E-state index in [9.17, 15) is 14.4 Å². The Bertz CT molecular complexity index is 976. The fraction of sp³-hybridized carbons (Fsp3) is 0.375. The van der Waals surface area contributed by atoms with Crippen LogP contribution >= 0.6 is 11.8 Å². The molecule has 2 heterocycles. The average molecular weight is 438 g/mol. The molecule has 31 heavy (non-hydrogen) atoms. The number of thioether (sulfide) groups is 1. The first kappa shape index (κ1) is 21.4. The number of benzene rings is 2. The van der Waals surface area contributed by atoms with Crippen LogP contribution in [0, 0.1) is 12.8 Å². The van der Waals surface area contributed by atoms with Gasteiger partial charge in [0.1, 0.15) is 6.54 Å². The standard InChI is InChI=1S/C24H27N3O3S/c1-17-3-2-4-20(11-17)19-7-5-18(6-8-19)12-21-13-26(10-9-25-24(21)30)22(28)14-27-16-31-15-23(27)29/h2-8,11,21H,9-10,12-16H2,1H3,(H,25,30). The van der Waals surface area contributed by atoms with Gasteiger partial charge in [0.2, 0.25) is 17.7 Å². The van der Waals surface area contributed by atoms with Crippen LogP contribution in [0.3, 0.4) is 0 Å². The summed E-state index contributed by atoms with van der Waals surface area (Å²) >= 11 is 1.53. The van der Waals surface area contributed by atoms with Crippen molar-refractivity contribution in [2.45, 2.75) is 13.3 Å². The molecule has 2 aliphatic heterocycles. The lowest BCUT2D eigenvalue weighted by Crippen LogP contribution is -2.43. The Balaban J connectivity index is 1.42. The number of aryl methyl sites for hydroxylation is 1. The van der Waals surface area contributed by atoms with Crippen molar-refractivity contribution in [1.29, 1.82) is 0 Å². The van der Waals surface area contributed by atoms with Gasteiger partial charge in [-0.15, -0.1) is 11.8 Å². The van der Waals surface area contributed by atoms with Gasteiger partial charge in [0.05, 0.1) is 17.5 Å². The predicted octanol–water partition coefficient (Wildman–Crippen LogP) is 2.31. The Morgan fingerprint density at radius 2 is 1.94 bits per heavy atom. The van der Waals surface area contributed by atoms with Gasteiger partial charge in [-0.1, -0.05) is 54.1 Å². The zero-order chi connectivity index (χ0) is 21.8. The number of nitrogens with zero attached hydrogens (tertiary/aromatic N) is 2. The van der Waals surface area contributed by atoms with Gasteiger partial charge in [-0.05, 0) is 30.0 Å². The molecule has 0 bridgehead atoms. The number of hydrogen-bond acceptors (Lipinski definition) is 4. The first-order valence-electron chi connectivity index (χ1n) is 10.6. The third kappa shape index (κ3) is 5.28. The number of amides is 3. The smallest absolute Gasteiger partial charge is 0.242 e. The van der Waals surface area contributed by atoms with Crippen molar-refractivity contribution >= 4 is 29.5 Å². The second kappa shape index (κ2) is 9.56. The summed E-state index contributed by atoms with van der Waals surface area (Å²) in [7, 11) is 0. The van der Waals surface area contributed by atoms with Crippen molar-refractivity contribution in [2.24, 2.45) is 5.92 Å². The number of carbonyl (C=O) groups excluding carboxylic acids is 3. The SMILES string of the molecule is Cc1cccc(-c2ccc(CC3CN(C(=O)CN4CSCC4=O)CCNC3=O)cc2)c1. The van der Waals surface area contributed by atoms with Crippen LogP contribution < -0.4 is 5.32 Å². The average Bonchev–Trinajstić information content (AvgIpc) is 3.07. The van der Waals surface area contributed by atoms with Crippen LogP contribution in [0.25, 0.3) is 11.1 Å². The fourth-order valence-electron chi connectivity index (χ4n) is 4.03. The van der Waals surface area contributed by atoms with E-state index in [0.29, 0.717) is 37.7 Å². The molecule has 6 nitrogen and oxygen atoms in total. The molecule has 0 aromatic heterocycles. The summed E-state index contributed by atoms with van der Waals surface area (Å²) in [5.41, 5.74) is 4.60. The highest BCUT2D eigenvalue weighted by molar-refractivity contribution is 8.00. The Morgan fingerprint density at radius 1 is 1.13 bits per heavy atom. The maximum atomic E-state index is 12.8. The summed E-state index contributed by atoms with van der Waals surface area (Å²) in [6.45, 7) is 3.46. The minimum Gasteiger partial charge on any atom is -0.354 e. The van der Waals surface area contributed by atoms with E-state index in [1.54, 1.807) is 9.80 Å². The lowest BCUT2D eigenvalue weighted by molar-refractivity contribution is -0.138. The summed E-state index contributed by atoms with van der Waals surface area (Å²) in [4.78, 5) is 40.5. The van der Waals surface area contributed by atoms with Gasteiger partial charge in [-0.2, -0.15) is 0 Å². The zero-order valence-electron chi connectivity index (χ0n) is 17.7. The van der Waals surface area contributed by atoms with Gasteiger partial charge >= 0.3 is 0 Å². The van der Waals surface area contributed by atoms with E-state index in [1.165, 1.54) is 22.9 Å². The van der Waals surface area contributed by atoms with Crippen LogP contribution in [0.1, 0.15) is 11.1 Å². The van der Waals surface area contributed by atoms with Crippen LogP contribution in [-0.4, -0.2) is 65.3 Å². The highest BCUT2D eigenvalue weighted by atomic mass is 32.2. The highest BCUT2D eigenvalue weighted by Gasteiger charge is 2.30. The van der Waals surface area contributed by atoms with Gasteiger partial charge in [0.15, 0.2) is 0 Å². The molecule has 2 aliphatic rings. The molecule has 2 aromatic carbocycles. The van der Waals surface area contributed by atoms with E-state index >= 15 is 0 Å². The minimum absolute atomic E-state index is 0.00706. The van der Waals surface area contributed by atoms with E-state index in [0.717, 1.165) is 11.1 Å². The van der Waals surface area contributed by atoms with Crippen LogP contribution in [-0.2, 0) is 20.8 Å². The van der Waals surface area contributed by atoms with Crippen molar-refractivity contribution < 1.29 is 14.4 Å².